The van der Waals surface area contributed by atoms with E-state index in [1.165, 1.54) is 6.07 Å². The minimum absolute atomic E-state index is 0.0349. The van der Waals surface area contributed by atoms with E-state index >= 15 is 0 Å². The smallest absolute Gasteiger partial charge is 0.336 e. The van der Waals surface area contributed by atoms with Gasteiger partial charge in [0.15, 0.2) is 0 Å². The summed E-state index contributed by atoms with van der Waals surface area (Å²) in [5, 5.41) is 20.9. The lowest BCUT2D eigenvalue weighted by Crippen LogP contribution is -2.01. The highest BCUT2D eigenvalue weighted by Gasteiger charge is 2.16. The summed E-state index contributed by atoms with van der Waals surface area (Å²) in [6.45, 7) is 1.78. The number of carboxylic acids is 1. The first-order valence-electron chi connectivity index (χ1n) is 4.92. The zero-order chi connectivity index (χ0) is 12.6. The zero-order valence-electron chi connectivity index (χ0n) is 9.01. The molecule has 0 fully saturated rings. The molecular weight excluding hydrogens is 222 g/mol. The largest absolute Gasteiger partial charge is 0.478 e. The normalized spacial score (nSPS) is 10.4. The van der Waals surface area contributed by atoms with Gasteiger partial charge in [-0.2, -0.15) is 0 Å². The fourth-order valence-electron chi connectivity index (χ4n) is 1.87. The maximum absolute atomic E-state index is 11.1. The van der Waals surface area contributed by atoms with Gasteiger partial charge in [-0.15, -0.1) is 0 Å². The predicted molar refractivity (Wildman–Crippen MR) is 62.3 cm³/mol. The van der Waals surface area contributed by atoms with Crippen molar-refractivity contribution in [1.82, 2.24) is 0 Å². The molecule has 0 heterocycles. The lowest BCUT2D eigenvalue weighted by molar-refractivity contribution is -0.384. The second kappa shape index (κ2) is 3.86. The summed E-state index contributed by atoms with van der Waals surface area (Å²) >= 11 is 0. The molecule has 0 saturated heterocycles. The topological polar surface area (TPSA) is 80.4 Å². The molecule has 2 aromatic rings. The van der Waals surface area contributed by atoms with Crippen LogP contribution in [0.2, 0.25) is 0 Å². The van der Waals surface area contributed by atoms with E-state index < -0.39 is 10.9 Å². The summed E-state index contributed by atoms with van der Waals surface area (Å²) in [5.74, 6) is -1.16. The van der Waals surface area contributed by atoms with Crippen molar-refractivity contribution in [3.63, 3.8) is 0 Å². The summed E-state index contributed by atoms with van der Waals surface area (Å²) in [6, 6.07) is 7.67. The standard InChI is InChI=1S/C12H9NO4/c1-7-3-2-4-8-5-9(13(16)17)6-10(11(7)8)12(14)15/h2-6H,1H3,(H,14,15). The lowest BCUT2D eigenvalue weighted by Gasteiger charge is -2.05. The minimum atomic E-state index is -1.16. The Labute approximate surface area is 96.5 Å². The summed E-state index contributed by atoms with van der Waals surface area (Å²) < 4.78 is 0. The number of hydrogen-bond acceptors (Lipinski definition) is 3. The Bertz CT molecular complexity index is 634. The van der Waals surface area contributed by atoms with Gasteiger partial charge in [0.05, 0.1) is 10.5 Å². The fourth-order valence-corrected chi connectivity index (χ4v) is 1.87. The van der Waals surface area contributed by atoms with E-state index in [-0.39, 0.29) is 11.3 Å². The van der Waals surface area contributed by atoms with Crippen LogP contribution in [0.3, 0.4) is 0 Å². The third kappa shape index (κ3) is 1.82. The molecule has 0 atom stereocenters. The van der Waals surface area contributed by atoms with Crippen LogP contribution in [-0.4, -0.2) is 16.0 Å². The molecule has 2 aromatic carbocycles. The van der Waals surface area contributed by atoms with Crippen molar-refractivity contribution in [1.29, 1.82) is 0 Å². The van der Waals surface area contributed by atoms with Gasteiger partial charge in [0.1, 0.15) is 0 Å². The van der Waals surface area contributed by atoms with Crippen LogP contribution in [0.4, 0.5) is 5.69 Å². The zero-order valence-corrected chi connectivity index (χ0v) is 9.01. The van der Waals surface area contributed by atoms with E-state index in [2.05, 4.69) is 0 Å². The van der Waals surface area contributed by atoms with Crippen LogP contribution in [0.1, 0.15) is 15.9 Å². The van der Waals surface area contributed by atoms with E-state index in [9.17, 15) is 14.9 Å². The number of aromatic carboxylic acids is 1. The highest BCUT2D eigenvalue weighted by Crippen LogP contribution is 2.27. The molecule has 0 unspecified atom stereocenters. The van der Waals surface area contributed by atoms with Gasteiger partial charge in [0, 0.05) is 12.1 Å². The fraction of sp³-hybridized carbons (Fsp3) is 0.0833. The molecule has 0 spiro atoms. The van der Waals surface area contributed by atoms with Gasteiger partial charge in [-0.3, -0.25) is 10.1 Å². The Hall–Kier alpha value is -2.43. The summed E-state index contributed by atoms with van der Waals surface area (Å²) in [6.07, 6.45) is 0. The number of fused-ring (bicyclic) bond motifs is 1. The molecule has 0 aliphatic heterocycles. The van der Waals surface area contributed by atoms with Gasteiger partial charge < -0.3 is 5.11 Å². The van der Waals surface area contributed by atoms with Gasteiger partial charge in [-0.05, 0) is 23.3 Å². The van der Waals surface area contributed by atoms with Crippen molar-refractivity contribution in [2.75, 3.05) is 0 Å². The Morgan fingerprint density at radius 3 is 2.65 bits per heavy atom. The minimum Gasteiger partial charge on any atom is -0.478 e. The summed E-state index contributed by atoms with van der Waals surface area (Å²) in [7, 11) is 0. The van der Waals surface area contributed by atoms with Gasteiger partial charge in [-0.1, -0.05) is 18.2 Å². The lowest BCUT2D eigenvalue weighted by atomic mass is 9.99. The molecule has 0 amide bonds. The number of nitrogens with zero attached hydrogens (tertiary/aromatic N) is 1. The number of nitro benzene ring substituents is 1. The average Bonchev–Trinajstić information content (AvgIpc) is 2.27. The van der Waals surface area contributed by atoms with Crippen LogP contribution in [0.25, 0.3) is 10.8 Å². The molecule has 0 saturated carbocycles. The highest BCUT2D eigenvalue weighted by atomic mass is 16.6. The summed E-state index contributed by atoms with van der Waals surface area (Å²) in [4.78, 5) is 21.2. The van der Waals surface area contributed by atoms with Crippen LogP contribution in [0.15, 0.2) is 30.3 Å². The number of rotatable bonds is 2. The van der Waals surface area contributed by atoms with Crippen molar-refractivity contribution < 1.29 is 14.8 Å². The SMILES string of the molecule is Cc1cccc2cc([N+](=O)[O-])cc(C(=O)O)c12. The summed E-state index contributed by atoms with van der Waals surface area (Å²) in [5.41, 5.74) is 0.544. The number of non-ortho nitro benzene ring substituents is 1. The molecule has 5 heteroatoms. The highest BCUT2D eigenvalue weighted by molar-refractivity contribution is 6.06. The third-order valence-corrected chi connectivity index (χ3v) is 2.61. The van der Waals surface area contributed by atoms with Crippen molar-refractivity contribution in [2.24, 2.45) is 0 Å². The Morgan fingerprint density at radius 2 is 2.06 bits per heavy atom. The van der Waals surface area contributed by atoms with Gasteiger partial charge >= 0.3 is 5.97 Å². The molecule has 1 N–H and O–H groups in total. The second-order valence-electron chi connectivity index (χ2n) is 3.73. The van der Waals surface area contributed by atoms with Crippen molar-refractivity contribution in [3.8, 4) is 0 Å². The van der Waals surface area contributed by atoms with Crippen molar-refractivity contribution in [3.05, 3.63) is 51.6 Å². The molecule has 17 heavy (non-hydrogen) atoms. The number of carbonyl (C=O) groups is 1. The third-order valence-electron chi connectivity index (χ3n) is 2.61. The maximum Gasteiger partial charge on any atom is 0.336 e. The molecule has 0 aliphatic rings. The average molecular weight is 231 g/mol. The van der Waals surface area contributed by atoms with Crippen LogP contribution < -0.4 is 0 Å². The van der Waals surface area contributed by atoms with Gasteiger partial charge in [0.2, 0.25) is 0 Å². The van der Waals surface area contributed by atoms with Gasteiger partial charge in [0.25, 0.3) is 5.69 Å². The van der Waals surface area contributed by atoms with E-state index in [4.69, 9.17) is 5.11 Å². The Balaban J connectivity index is 2.91. The van der Waals surface area contributed by atoms with Crippen LogP contribution in [-0.2, 0) is 0 Å². The quantitative estimate of drug-likeness (QED) is 0.636. The van der Waals surface area contributed by atoms with E-state index in [0.29, 0.717) is 10.8 Å². The first-order chi connectivity index (χ1) is 8.00. The second-order valence-corrected chi connectivity index (χ2v) is 3.73. The monoisotopic (exact) mass is 231 g/mol. The molecule has 86 valence electrons. The predicted octanol–water partition coefficient (Wildman–Crippen LogP) is 2.75. The Morgan fingerprint density at radius 1 is 1.35 bits per heavy atom. The molecular formula is C12H9NO4. The van der Waals surface area contributed by atoms with Crippen molar-refractivity contribution >= 4 is 22.4 Å². The van der Waals surface area contributed by atoms with E-state index in [1.54, 1.807) is 25.1 Å². The number of aryl methyl sites for hydroxylation is 1. The molecule has 0 bridgehead atoms. The first kappa shape index (κ1) is 11.1. The molecule has 0 radical (unpaired) electrons. The van der Waals surface area contributed by atoms with Gasteiger partial charge in [-0.25, -0.2) is 4.79 Å². The number of carboxylic acid groups (broad SMARTS) is 1. The van der Waals surface area contributed by atoms with Crippen molar-refractivity contribution in [2.45, 2.75) is 6.92 Å². The number of benzene rings is 2. The first-order valence-corrected chi connectivity index (χ1v) is 4.92. The molecule has 5 nitrogen and oxygen atoms in total. The Kier molecular flexibility index (Phi) is 2.51. The molecule has 0 aromatic heterocycles. The molecule has 2 rings (SSSR count). The molecule has 0 aliphatic carbocycles. The van der Waals surface area contributed by atoms with Crippen LogP contribution >= 0.6 is 0 Å². The number of nitro groups is 1. The number of hydrogen-bond donors (Lipinski definition) is 1. The van der Waals surface area contributed by atoms with E-state index in [0.717, 1.165) is 11.6 Å². The van der Waals surface area contributed by atoms with Crippen LogP contribution in [0.5, 0.6) is 0 Å². The van der Waals surface area contributed by atoms with Crippen LogP contribution in [0, 0.1) is 17.0 Å². The maximum atomic E-state index is 11.1. The van der Waals surface area contributed by atoms with E-state index in [1.807, 2.05) is 0 Å².